The third kappa shape index (κ3) is 2.26. The van der Waals surface area contributed by atoms with E-state index in [1.807, 2.05) is 6.92 Å². The first-order valence-corrected chi connectivity index (χ1v) is 5.85. The molecule has 1 heterocycles. The van der Waals surface area contributed by atoms with Crippen molar-refractivity contribution in [2.24, 2.45) is 0 Å². The van der Waals surface area contributed by atoms with Gasteiger partial charge in [0.15, 0.2) is 5.58 Å². The van der Waals surface area contributed by atoms with Crippen LogP contribution in [0.4, 0.5) is 0 Å². The molecular weight excluding hydrogens is 242 g/mol. The Hall–Kier alpha value is -1.55. The number of carbonyl (C=O) groups excluding carboxylic acids is 1. The Labute approximate surface area is 103 Å². The van der Waals surface area contributed by atoms with Gasteiger partial charge in [0.05, 0.1) is 5.52 Å². The molecule has 0 unspecified atom stereocenters. The molecule has 17 heavy (non-hydrogen) atoms. The van der Waals surface area contributed by atoms with Crippen LogP contribution in [0, 0.1) is 0 Å². The number of oxazole rings is 1. The van der Waals surface area contributed by atoms with Crippen molar-refractivity contribution in [3.63, 3.8) is 0 Å². The summed E-state index contributed by atoms with van der Waals surface area (Å²) in [5.41, 5.74) is 0.813. The quantitative estimate of drug-likeness (QED) is 0.845. The van der Waals surface area contributed by atoms with Gasteiger partial charge in [-0.1, -0.05) is 24.9 Å². The molecule has 90 valence electrons. The highest BCUT2D eigenvalue weighted by atomic mass is 35.5. The number of hydrogen-bond acceptors (Lipinski definition) is 3. The van der Waals surface area contributed by atoms with E-state index in [0.717, 1.165) is 17.4 Å². The highest BCUT2D eigenvalue weighted by molar-refractivity contribution is 6.31. The van der Waals surface area contributed by atoms with Gasteiger partial charge in [-0.2, -0.15) is 0 Å². The first kappa shape index (κ1) is 11.9. The van der Waals surface area contributed by atoms with Crippen LogP contribution in [0.2, 0.25) is 5.02 Å². The van der Waals surface area contributed by atoms with E-state index in [0.29, 0.717) is 22.5 Å². The van der Waals surface area contributed by atoms with Crippen LogP contribution in [0.15, 0.2) is 27.4 Å². The summed E-state index contributed by atoms with van der Waals surface area (Å²) in [5, 5.41) is 0.472. The van der Waals surface area contributed by atoms with Gasteiger partial charge in [-0.15, -0.1) is 0 Å². The number of rotatable bonds is 3. The minimum absolute atomic E-state index is 0.238. The van der Waals surface area contributed by atoms with Gasteiger partial charge in [0.2, 0.25) is 5.91 Å². The number of hydrogen-bond donors (Lipinski definition) is 0. The molecule has 0 atom stereocenters. The maximum atomic E-state index is 11.9. The number of unbranched alkanes of at least 4 members (excludes halogenated alkanes) is 1. The predicted octanol–water partition coefficient (Wildman–Crippen LogP) is 3.08. The summed E-state index contributed by atoms with van der Waals surface area (Å²) in [5.74, 6) is -0.888. The van der Waals surface area contributed by atoms with Crippen LogP contribution in [0.1, 0.15) is 31.0 Å². The van der Waals surface area contributed by atoms with Gasteiger partial charge in [0, 0.05) is 17.5 Å². The Morgan fingerprint density at radius 2 is 2.24 bits per heavy atom. The third-order valence-electron chi connectivity index (χ3n) is 2.54. The molecule has 0 aliphatic heterocycles. The van der Waals surface area contributed by atoms with Crippen molar-refractivity contribution in [3.05, 3.63) is 33.8 Å². The minimum atomic E-state index is -0.650. The summed E-state index contributed by atoms with van der Waals surface area (Å²) in [6.07, 6.45) is 2.00. The first-order valence-electron chi connectivity index (χ1n) is 5.47. The van der Waals surface area contributed by atoms with E-state index in [1.54, 1.807) is 12.1 Å². The lowest BCUT2D eigenvalue weighted by Crippen LogP contribution is -2.22. The molecule has 0 aliphatic rings. The van der Waals surface area contributed by atoms with Crippen molar-refractivity contribution < 1.29 is 9.21 Å². The Bertz CT molecular complexity index is 612. The summed E-state index contributed by atoms with van der Waals surface area (Å²) in [6, 6.07) is 4.77. The van der Waals surface area contributed by atoms with Gasteiger partial charge in [-0.3, -0.25) is 4.79 Å². The van der Waals surface area contributed by atoms with Gasteiger partial charge in [-0.25, -0.2) is 9.36 Å². The first-order chi connectivity index (χ1) is 8.13. The number of nitrogens with zero attached hydrogens (tertiary/aromatic N) is 1. The zero-order valence-corrected chi connectivity index (χ0v) is 10.2. The molecule has 0 aliphatic carbocycles. The highest BCUT2D eigenvalue weighted by Gasteiger charge is 2.15. The summed E-state index contributed by atoms with van der Waals surface area (Å²) < 4.78 is 6.05. The van der Waals surface area contributed by atoms with E-state index in [-0.39, 0.29) is 5.91 Å². The van der Waals surface area contributed by atoms with Gasteiger partial charge < -0.3 is 4.42 Å². The van der Waals surface area contributed by atoms with Crippen LogP contribution in [-0.2, 0) is 0 Å². The van der Waals surface area contributed by atoms with Crippen LogP contribution in [-0.4, -0.2) is 10.5 Å². The molecule has 0 bridgehead atoms. The Balaban J connectivity index is 2.50. The number of halogens is 1. The standard InChI is InChI=1S/C12H12ClNO3/c1-2-3-4-11(15)14-9-6-5-8(13)7-10(9)17-12(14)16/h5-7H,2-4H2,1H3. The fourth-order valence-electron chi connectivity index (χ4n) is 1.67. The Morgan fingerprint density at radius 3 is 2.94 bits per heavy atom. The normalized spacial score (nSPS) is 10.9. The number of carbonyl (C=O) groups is 1. The second-order valence-corrected chi connectivity index (χ2v) is 4.25. The largest absolute Gasteiger partial charge is 0.426 e. The van der Waals surface area contributed by atoms with E-state index in [9.17, 15) is 9.59 Å². The average molecular weight is 254 g/mol. The van der Waals surface area contributed by atoms with Gasteiger partial charge in [0.25, 0.3) is 0 Å². The zero-order chi connectivity index (χ0) is 12.4. The summed E-state index contributed by atoms with van der Waals surface area (Å²) >= 11 is 5.79. The van der Waals surface area contributed by atoms with Crippen molar-refractivity contribution >= 4 is 28.6 Å². The molecule has 2 rings (SSSR count). The molecule has 0 spiro atoms. The fraction of sp³-hybridized carbons (Fsp3) is 0.333. The van der Waals surface area contributed by atoms with Crippen LogP contribution >= 0.6 is 11.6 Å². The van der Waals surface area contributed by atoms with Gasteiger partial charge >= 0.3 is 5.76 Å². The lowest BCUT2D eigenvalue weighted by molar-refractivity contribution is 0.0896. The van der Waals surface area contributed by atoms with Crippen molar-refractivity contribution in [2.75, 3.05) is 0 Å². The molecule has 4 nitrogen and oxygen atoms in total. The highest BCUT2D eigenvalue weighted by Crippen LogP contribution is 2.18. The van der Waals surface area contributed by atoms with E-state index < -0.39 is 5.76 Å². The molecule has 0 N–H and O–H groups in total. The maximum Gasteiger partial charge on any atom is 0.426 e. The molecule has 1 aromatic carbocycles. The van der Waals surface area contributed by atoms with Crippen molar-refractivity contribution in [1.29, 1.82) is 0 Å². The smallest absolute Gasteiger partial charge is 0.407 e. The van der Waals surface area contributed by atoms with Crippen LogP contribution < -0.4 is 5.76 Å². The summed E-state index contributed by atoms with van der Waals surface area (Å²) in [4.78, 5) is 23.4. The zero-order valence-electron chi connectivity index (χ0n) is 9.40. The van der Waals surface area contributed by atoms with Gasteiger partial charge in [0.1, 0.15) is 0 Å². The molecule has 0 amide bonds. The van der Waals surface area contributed by atoms with E-state index >= 15 is 0 Å². The third-order valence-corrected chi connectivity index (χ3v) is 2.77. The lowest BCUT2D eigenvalue weighted by atomic mass is 10.2. The average Bonchev–Trinajstić information content (AvgIpc) is 2.61. The van der Waals surface area contributed by atoms with Crippen LogP contribution in [0.3, 0.4) is 0 Å². The Kier molecular flexibility index (Phi) is 3.33. The molecule has 0 fully saturated rings. The maximum absolute atomic E-state index is 11.9. The molecule has 5 heteroatoms. The van der Waals surface area contributed by atoms with Crippen molar-refractivity contribution in [3.8, 4) is 0 Å². The van der Waals surface area contributed by atoms with E-state index in [2.05, 4.69) is 0 Å². The predicted molar refractivity (Wildman–Crippen MR) is 65.6 cm³/mol. The van der Waals surface area contributed by atoms with Gasteiger partial charge in [-0.05, 0) is 18.6 Å². The van der Waals surface area contributed by atoms with E-state index in [4.69, 9.17) is 16.0 Å². The number of fused-ring (bicyclic) bond motifs is 1. The topological polar surface area (TPSA) is 52.2 Å². The molecule has 1 aromatic heterocycles. The summed E-state index contributed by atoms with van der Waals surface area (Å²) in [7, 11) is 0. The van der Waals surface area contributed by atoms with E-state index in [1.165, 1.54) is 6.07 Å². The minimum Gasteiger partial charge on any atom is -0.407 e. The SMILES string of the molecule is CCCCC(=O)n1c(=O)oc2cc(Cl)ccc21. The monoisotopic (exact) mass is 253 g/mol. The van der Waals surface area contributed by atoms with Crippen molar-refractivity contribution in [2.45, 2.75) is 26.2 Å². The lowest BCUT2D eigenvalue weighted by Gasteiger charge is -1.99. The number of aromatic nitrogens is 1. The molecule has 0 saturated heterocycles. The summed E-state index contributed by atoms with van der Waals surface area (Å²) in [6.45, 7) is 1.99. The molecule has 0 saturated carbocycles. The Morgan fingerprint density at radius 1 is 1.47 bits per heavy atom. The number of benzene rings is 1. The van der Waals surface area contributed by atoms with Crippen LogP contribution in [0.5, 0.6) is 0 Å². The molecule has 0 radical (unpaired) electrons. The molecule has 2 aromatic rings. The van der Waals surface area contributed by atoms with Crippen LogP contribution in [0.25, 0.3) is 11.1 Å². The second-order valence-electron chi connectivity index (χ2n) is 3.81. The van der Waals surface area contributed by atoms with Crippen molar-refractivity contribution in [1.82, 2.24) is 4.57 Å². The second kappa shape index (κ2) is 4.75. The fourth-order valence-corrected chi connectivity index (χ4v) is 1.83. The molecular formula is C12H12ClNO3.